The van der Waals surface area contributed by atoms with Gasteiger partial charge in [0.25, 0.3) is 0 Å². The Bertz CT molecular complexity index is 278. The summed E-state index contributed by atoms with van der Waals surface area (Å²) in [7, 11) is 0. The molecule has 0 aliphatic heterocycles. The molecule has 1 aliphatic rings. The molecule has 1 N–H and O–H groups in total. The molecule has 90 valence electrons. The molecular weight excluding hydrogens is 234 g/mol. The van der Waals surface area contributed by atoms with Crippen LogP contribution in [0.15, 0.2) is 21.7 Å². The molecule has 2 rings (SSSR count). The molecule has 1 aromatic heterocycles. The molecule has 1 aliphatic carbocycles. The number of hydrogen-bond acceptors (Lipinski definition) is 3. The number of thiophene rings is 1. The molecule has 1 fully saturated rings. The molecule has 1 nitrogen and oxygen atoms in total. The van der Waals surface area contributed by atoms with Crippen molar-refractivity contribution < 1.29 is 0 Å². The molecule has 0 spiro atoms. The lowest BCUT2D eigenvalue weighted by molar-refractivity contribution is 0.394. The van der Waals surface area contributed by atoms with Crippen molar-refractivity contribution in [2.45, 2.75) is 42.9 Å². The highest BCUT2D eigenvalue weighted by Gasteiger charge is 2.24. The van der Waals surface area contributed by atoms with Crippen molar-refractivity contribution in [3.63, 3.8) is 0 Å². The minimum atomic E-state index is 0.722. The summed E-state index contributed by atoms with van der Waals surface area (Å²) in [5.74, 6) is 2.16. The molecule has 1 unspecified atom stereocenters. The van der Waals surface area contributed by atoms with Gasteiger partial charge in [0.2, 0.25) is 0 Å². The average Bonchev–Trinajstić information content (AvgIpc) is 2.96. The largest absolute Gasteiger partial charge is 0.313 e. The van der Waals surface area contributed by atoms with E-state index in [9.17, 15) is 0 Å². The highest BCUT2D eigenvalue weighted by molar-refractivity contribution is 8.01. The van der Waals surface area contributed by atoms with Gasteiger partial charge in [0.1, 0.15) is 0 Å². The summed E-state index contributed by atoms with van der Waals surface area (Å²) in [6.45, 7) is 3.32. The van der Waals surface area contributed by atoms with Crippen LogP contribution in [0.4, 0.5) is 0 Å². The number of rotatable bonds is 6. The summed E-state index contributed by atoms with van der Waals surface area (Å²) in [6.07, 6.45) is 5.75. The Balaban J connectivity index is 1.82. The molecule has 0 aromatic carbocycles. The molecule has 0 amide bonds. The van der Waals surface area contributed by atoms with Crippen LogP contribution in [0.1, 0.15) is 32.6 Å². The van der Waals surface area contributed by atoms with Gasteiger partial charge in [-0.2, -0.15) is 0 Å². The second kappa shape index (κ2) is 6.67. The van der Waals surface area contributed by atoms with Crippen molar-refractivity contribution in [3.05, 3.63) is 17.5 Å². The molecule has 1 aromatic rings. The smallest absolute Gasteiger partial charge is 0.0599 e. The molecule has 0 bridgehead atoms. The van der Waals surface area contributed by atoms with E-state index in [0.717, 1.165) is 18.5 Å². The van der Waals surface area contributed by atoms with Crippen LogP contribution in [0.25, 0.3) is 0 Å². The lowest BCUT2D eigenvalue weighted by Gasteiger charge is -2.23. The van der Waals surface area contributed by atoms with Crippen molar-refractivity contribution in [1.82, 2.24) is 5.32 Å². The molecule has 1 heterocycles. The Kier molecular flexibility index (Phi) is 5.20. The number of thioether (sulfide) groups is 1. The van der Waals surface area contributed by atoms with Crippen LogP contribution in [0.3, 0.4) is 0 Å². The van der Waals surface area contributed by atoms with Crippen molar-refractivity contribution >= 4 is 23.1 Å². The Morgan fingerprint density at radius 1 is 1.50 bits per heavy atom. The Hall–Kier alpha value is 0.01000. The molecule has 16 heavy (non-hydrogen) atoms. The Morgan fingerprint density at radius 3 is 2.94 bits per heavy atom. The third-order valence-corrected chi connectivity index (χ3v) is 5.59. The van der Waals surface area contributed by atoms with Crippen LogP contribution < -0.4 is 5.32 Å². The fourth-order valence-corrected chi connectivity index (χ4v) is 4.50. The standard InChI is InChI=1S/C13H21NS2/c1-2-14-12(11-6-3-4-7-11)10-16-13-8-5-9-15-13/h5,8-9,11-12,14H,2-4,6-7,10H2,1H3. The zero-order chi connectivity index (χ0) is 11.2. The maximum Gasteiger partial charge on any atom is 0.0599 e. The van der Waals surface area contributed by atoms with Crippen molar-refractivity contribution in [3.8, 4) is 0 Å². The molecule has 1 saturated carbocycles. The van der Waals surface area contributed by atoms with E-state index in [0.29, 0.717) is 0 Å². The van der Waals surface area contributed by atoms with Gasteiger partial charge >= 0.3 is 0 Å². The highest BCUT2D eigenvalue weighted by atomic mass is 32.2. The van der Waals surface area contributed by atoms with E-state index in [4.69, 9.17) is 0 Å². The molecule has 3 heteroatoms. The van der Waals surface area contributed by atoms with Crippen LogP contribution in [-0.4, -0.2) is 18.3 Å². The van der Waals surface area contributed by atoms with Gasteiger partial charge in [-0.1, -0.05) is 25.8 Å². The topological polar surface area (TPSA) is 12.0 Å². The highest BCUT2D eigenvalue weighted by Crippen LogP contribution is 2.31. The van der Waals surface area contributed by atoms with Gasteiger partial charge in [0, 0.05) is 11.8 Å². The van der Waals surface area contributed by atoms with E-state index >= 15 is 0 Å². The predicted octanol–water partition coefficient (Wildman–Crippen LogP) is 4.01. The first-order valence-corrected chi connectivity index (χ1v) is 8.16. The van der Waals surface area contributed by atoms with Crippen molar-refractivity contribution in [1.29, 1.82) is 0 Å². The van der Waals surface area contributed by atoms with Gasteiger partial charge in [0.15, 0.2) is 0 Å². The second-order valence-corrected chi connectivity index (χ2v) is 6.72. The van der Waals surface area contributed by atoms with Crippen LogP contribution in [0.5, 0.6) is 0 Å². The van der Waals surface area contributed by atoms with Crippen LogP contribution in [-0.2, 0) is 0 Å². The van der Waals surface area contributed by atoms with Crippen LogP contribution in [0.2, 0.25) is 0 Å². The maximum atomic E-state index is 3.67. The third kappa shape index (κ3) is 3.51. The summed E-state index contributed by atoms with van der Waals surface area (Å²) < 4.78 is 1.46. The minimum absolute atomic E-state index is 0.722. The van der Waals surface area contributed by atoms with Gasteiger partial charge in [-0.3, -0.25) is 0 Å². The van der Waals surface area contributed by atoms with Crippen molar-refractivity contribution in [2.24, 2.45) is 5.92 Å². The summed E-state index contributed by atoms with van der Waals surface area (Å²) in [6, 6.07) is 5.09. The van der Waals surface area contributed by atoms with Gasteiger partial charge in [-0.05, 0) is 36.8 Å². The molecule has 0 radical (unpaired) electrons. The first-order valence-electron chi connectivity index (χ1n) is 6.30. The van der Waals surface area contributed by atoms with E-state index in [-0.39, 0.29) is 0 Å². The van der Waals surface area contributed by atoms with Gasteiger partial charge in [-0.15, -0.1) is 23.1 Å². The van der Waals surface area contributed by atoms with Crippen molar-refractivity contribution in [2.75, 3.05) is 12.3 Å². The SMILES string of the molecule is CCNC(CSc1cccs1)C1CCCC1. The number of hydrogen-bond donors (Lipinski definition) is 1. The zero-order valence-corrected chi connectivity index (χ0v) is 11.6. The van der Waals surface area contributed by atoms with E-state index in [1.807, 2.05) is 23.1 Å². The summed E-state index contributed by atoms with van der Waals surface area (Å²) >= 11 is 3.88. The predicted molar refractivity (Wildman–Crippen MR) is 74.5 cm³/mol. The molecular formula is C13H21NS2. The zero-order valence-electron chi connectivity index (χ0n) is 9.95. The van der Waals surface area contributed by atoms with Crippen LogP contribution in [0, 0.1) is 5.92 Å². The van der Waals surface area contributed by atoms with E-state index in [2.05, 4.69) is 29.8 Å². The first kappa shape index (κ1) is 12.5. The fraction of sp³-hybridized carbons (Fsp3) is 0.692. The van der Waals surface area contributed by atoms with Gasteiger partial charge in [0.05, 0.1) is 4.21 Å². The Morgan fingerprint density at radius 2 is 2.31 bits per heavy atom. The van der Waals surface area contributed by atoms with Crippen LogP contribution >= 0.6 is 23.1 Å². The van der Waals surface area contributed by atoms with E-state index in [1.54, 1.807) is 0 Å². The quantitative estimate of drug-likeness (QED) is 0.771. The molecule has 1 atom stereocenters. The van der Waals surface area contributed by atoms with Gasteiger partial charge in [-0.25, -0.2) is 0 Å². The lowest BCUT2D eigenvalue weighted by atomic mass is 10.00. The minimum Gasteiger partial charge on any atom is -0.313 e. The maximum absolute atomic E-state index is 3.67. The van der Waals surface area contributed by atoms with E-state index < -0.39 is 0 Å². The van der Waals surface area contributed by atoms with E-state index in [1.165, 1.54) is 35.6 Å². The normalized spacial score (nSPS) is 19.1. The van der Waals surface area contributed by atoms with Gasteiger partial charge < -0.3 is 5.32 Å². The third-order valence-electron chi connectivity index (χ3n) is 3.34. The summed E-state index contributed by atoms with van der Waals surface area (Å²) in [5.41, 5.74) is 0. The monoisotopic (exact) mass is 255 g/mol. The fourth-order valence-electron chi connectivity index (χ4n) is 2.50. The lowest BCUT2D eigenvalue weighted by Crippen LogP contribution is -2.37. The summed E-state index contributed by atoms with van der Waals surface area (Å²) in [4.78, 5) is 0. The Labute approximate surface area is 107 Å². The second-order valence-electron chi connectivity index (χ2n) is 4.45. The first-order chi connectivity index (χ1) is 7.90. The summed E-state index contributed by atoms with van der Waals surface area (Å²) in [5, 5.41) is 5.84. The number of nitrogens with one attached hydrogen (secondary N) is 1. The molecule has 0 saturated heterocycles. The average molecular weight is 255 g/mol.